The van der Waals surface area contributed by atoms with Crippen LogP contribution < -0.4 is 10.6 Å². The highest BCUT2D eigenvalue weighted by molar-refractivity contribution is 7.21. The first-order chi connectivity index (χ1) is 18.7. The standard InChI is InChI=1S/C25H28F2N8O3S/c1-16-20(9-17(10-29-16)22(36)28-4-6-33-5-3-25(26,27)15-33)32-23(37)19-12-31-35-14-21(39-24(19)35)18-11-30-34(13-18)7-8-38-2/h9-14H,3-8,15H2,1-2H3,(H,28,36)(H,32,37). The summed E-state index contributed by atoms with van der Waals surface area (Å²) >= 11 is 1.42. The van der Waals surface area contributed by atoms with E-state index in [2.05, 4.69) is 25.8 Å². The molecule has 2 amide bonds. The average molecular weight is 559 g/mol. The Hall–Kier alpha value is -3.75. The Bertz CT molecular complexity index is 1500. The van der Waals surface area contributed by atoms with Crippen molar-refractivity contribution < 1.29 is 23.1 Å². The van der Waals surface area contributed by atoms with E-state index in [1.54, 1.807) is 40.4 Å². The van der Waals surface area contributed by atoms with Gasteiger partial charge in [-0.1, -0.05) is 0 Å². The third-order valence-corrected chi connectivity index (χ3v) is 7.60. The first-order valence-corrected chi connectivity index (χ1v) is 13.2. The fourth-order valence-corrected chi connectivity index (χ4v) is 5.31. The number of anilines is 1. The Balaban J connectivity index is 1.24. The summed E-state index contributed by atoms with van der Waals surface area (Å²) in [6.07, 6.45) is 8.26. The van der Waals surface area contributed by atoms with Crippen LogP contribution in [0.15, 0.2) is 37.1 Å². The highest BCUT2D eigenvalue weighted by Crippen LogP contribution is 2.31. The van der Waals surface area contributed by atoms with Crippen molar-refractivity contribution in [1.82, 2.24) is 34.6 Å². The minimum Gasteiger partial charge on any atom is -0.383 e. The van der Waals surface area contributed by atoms with Gasteiger partial charge in [0, 0.05) is 57.3 Å². The summed E-state index contributed by atoms with van der Waals surface area (Å²) in [4.78, 5) is 33.3. The minimum atomic E-state index is -2.67. The second-order valence-electron chi connectivity index (χ2n) is 9.34. The molecule has 4 aromatic heterocycles. The van der Waals surface area contributed by atoms with Crippen LogP contribution >= 0.6 is 11.3 Å². The van der Waals surface area contributed by atoms with Crippen molar-refractivity contribution >= 4 is 33.7 Å². The van der Waals surface area contributed by atoms with Gasteiger partial charge in [0.1, 0.15) is 4.83 Å². The summed E-state index contributed by atoms with van der Waals surface area (Å²) in [6, 6.07) is 1.55. The number of thiazole rings is 1. The molecule has 0 radical (unpaired) electrons. The molecule has 1 aliphatic rings. The SMILES string of the molecule is COCCn1cc(-c2cn3ncc(C(=O)Nc4cc(C(=O)NCCN5CCC(F)(F)C5)cnc4C)c3s2)cn1. The molecule has 0 unspecified atom stereocenters. The topological polar surface area (TPSA) is 119 Å². The molecule has 1 saturated heterocycles. The van der Waals surface area contributed by atoms with Gasteiger partial charge in [0.2, 0.25) is 0 Å². The highest BCUT2D eigenvalue weighted by Gasteiger charge is 2.37. The molecule has 1 aliphatic heterocycles. The van der Waals surface area contributed by atoms with Crippen LogP contribution in [-0.2, 0) is 11.3 Å². The number of halogens is 2. The molecule has 0 aromatic carbocycles. The number of ether oxygens (including phenoxy) is 1. The molecule has 0 atom stereocenters. The number of hydrogen-bond donors (Lipinski definition) is 2. The van der Waals surface area contributed by atoms with Gasteiger partial charge in [0.25, 0.3) is 17.7 Å². The number of pyridine rings is 1. The fourth-order valence-electron chi connectivity index (χ4n) is 4.27. The van der Waals surface area contributed by atoms with E-state index in [1.807, 2.05) is 12.4 Å². The smallest absolute Gasteiger partial charge is 0.261 e. The monoisotopic (exact) mass is 558 g/mol. The van der Waals surface area contributed by atoms with Gasteiger partial charge in [0.05, 0.1) is 59.5 Å². The van der Waals surface area contributed by atoms with Crippen LogP contribution in [0.25, 0.3) is 15.3 Å². The molecule has 0 bridgehead atoms. The quantitative estimate of drug-likeness (QED) is 0.307. The van der Waals surface area contributed by atoms with E-state index in [4.69, 9.17) is 4.74 Å². The molecule has 11 nitrogen and oxygen atoms in total. The first kappa shape index (κ1) is 26.8. The Labute approximate surface area is 226 Å². The van der Waals surface area contributed by atoms with Crippen LogP contribution in [-0.4, -0.2) is 86.9 Å². The van der Waals surface area contributed by atoms with Crippen molar-refractivity contribution in [3.8, 4) is 10.4 Å². The van der Waals surface area contributed by atoms with Crippen molar-refractivity contribution in [3.63, 3.8) is 0 Å². The Morgan fingerprint density at radius 1 is 1.15 bits per heavy atom. The molecule has 0 aliphatic carbocycles. The molecular weight excluding hydrogens is 530 g/mol. The first-order valence-electron chi connectivity index (χ1n) is 12.4. The van der Waals surface area contributed by atoms with E-state index in [9.17, 15) is 18.4 Å². The number of amides is 2. The number of aromatic nitrogens is 5. The summed E-state index contributed by atoms with van der Waals surface area (Å²) < 4.78 is 35.2. The number of nitrogens with zero attached hydrogens (tertiary/aromatic N) is 6. The summed E-state index contributed by atoms with van der Waals surface area (Å²) in [6.45, 7) is 3.48. The number of likely N-dealkylation sites (tertiary alicyclic amines) is 1. The van der Waals surface area contributed by atoms with Gasteiger partial charge < -0.3 is 15.4 Å². The predicted molar refractivity (Wildman–Crippen MR) is 141 cm³/mol. The lowest BCUT2D eigenvalue weighted by Crippen LogP contribution is -2.35. The Morgan fingerprint density at radius 3 is 2.77 bits per heavy atom. The lowest BCUT2D eigenvalue weighted by Gasteiger charge is -2.16. The lowest BCUT2D eigenvalue weighted by molar-refractivity contribution is 0.0124. The molecule has 4 aromatic rings. The summed E-state index contributed by atoms with van der Waals surface area (Å²) in [5.41, 5.74) is 2.48. The second kappa shape index (κ2) is 11.2. The zero-order valence-corrected chi connectivity index (χ0v) is 22.3. The van der Waals surface area contributed by atoms with Crippen molar-refractivity contribution in [2.24, 2.45) is 0 Å². The van der Waals surface area contributed by atoms with Gasteiger partial charge in [-0.3, -0.25) is 24.2 Å². The van der Waals surface area contributed by atoms with Crippen LogP contribution in [0.4, 0.5) is 14.5 Å². The molecule has 1 fully saturated rings. The maximum Gasteiger partial charge on any atom is 0.261 e. The van der Waals surface area contributed by atoms with Crippen LogP contribution in [0.2, 0.25) is 0 Å². The number of carbonyl (C=O) groups is 2. The molecule has 5 rings (SSSR count). The van der Waals surface area contributed by atoms with E-state index in [-0.39, 0.29) is 31.0 Å². The molecule has 39 heavy (non-hydrogen) atoms. The Morgan fingerprint density at radius 2 is 2.00 bits per heavy atom. The number of alkyl halides is 2. The fraction of sp³-hybridized carbons (Fsp3) is 0.400. The lowest BCUT2D eigenvalue weighted by atomic mass is 10.2. The number of nitrogens with one attached hydrogen (secondary N) is 2. The summed E-state index contributed by atoms with van der Waals surface area (Å²) in [7, 11) is 1.64. The van der Waals surface area contributed by atoms with E-state index in [0.29, 0.717) is 48.0 Å². The average Bonchev–Trinajstić information content (AvgIpc) is 3.67. The molecule has 0 saturated carbocycles. The van der Waals surface area contributed by atoms with Crippen molar-refractivity contribution in [2.45, 2.75) is 25.8 Å². The summed E-state index contributed by atoms with van der Waals surface area (Å²) in [5, 5.41) is 14.2. The van der Waals surface area contributed by atoms with E-state index in [1.165, 1.54) is 23.7 Å². The number of hydrogen-bond acceptors (Lipinski definition) is 8. The van der Waals surface area contributed by atoms with Gasteiger partial charge >= 0.3 is 0 Å². The van der Waals surface area contributed by atoms with Crippen molar-refractivity contribution in [1.29, 1.82) is 0 Å². The largest absolute Gasteiger partial charge is 0.383 e. The number of fused-ring (bicyclic) bond motifs is 1. The maximum atomic E-state index is 13.4. The van der Waals surface area contributed by atoms with Gasteiger partial charge in [-0.05, 0) is 13.0 Å². The minimum absolute atomic E-state index is 0.165. The van der Waals surface area contributed by atoms with Crippen LogP contribution in [0, 0.1) is 6.92 Å². The predicted octanol–water partition coefficient (Wildman–Crippen LogP) is 2.93. The number of aryl methyl sites for hydroxylation is 1. The van der Waals surface area contributed by atoms with Gasteiger partial charge in [-0.15, -0.1) is 11.3 Å². The molecule has 2 N–H and O–H groups in total. The molecule has 206 valence electrons. The van der Waals surface area contributed by atoms with Gasteiger partial charge in [-0.2, -0.15) is 10.2 Å². The third-order valence-electron chi connectivity index (χ3n) is 6.44. The summed E-state index contributed by atoms with van der Waals surface area (Å²) in [5.74, 6) is -3.45. The van der Waals surface area contributed by atoms with Crippen LogP contribution in [0.3, 0.4) is 0 Å². The third kappa shape index (κ3) is 6.13. The van der Waals surface area contributed by atoms with Crippen molar-refractivity contribution in [2.75, 3.05) is 45.2 Å². The Kier molecular flexibility index (Phi) is 7.68. The molecule has 5 heterocycles. The van der Waals surface area contributed by atoms with Crippen LogP contribution in [0.1, 0.15) is 32.8 Å². The number of carbonyl (C=O) groups excluding carboxylic acids is 2. The molecule has 14 heteroatoms. The number of methoxy groups -OCH3 is 1. The van der Waals surface area contributed by atoms with E-state index >= 15 is 0 Å². The normalized spacial score (nSPS) is 15.2. The second-order valence-corrected chi connectivity index (χ2v) is 10.4. The number of rotatable bonds is 10. The van der Waals surface area contributed by atoms with E-state index in [0.717, 1.165) is 10.4 Å². The van der Waals surface area contributed by atoms with Crippen LogP contribution in [0.5, 0.6) is 0 Å². The molecule has 0 spiro atoms. The van der Waals surface area contributed by atoms with E-state index < -0.39 is 11.8 Å². The molecular formula is C25H28F2N8O3S. The zero-order valence-electron chi connectivity index (χ0n) is 21.5. The highest BCUT2D eigenvalue weighted by atomic mass is 32.1. The van der Waals surface area contributed by atoms with Gasteiger partial charge in [-0.25, -0.2) is 13.3 Å². The zero-order chi connectivity index (χ0) is 27.6. The van der Waals surface area contributed by atoms with Crippen molar-refractivity contribution in [3.05, 3.63) is 53.9 Å². The van der Waals surface area contributed by atoms with Gasteiger partial charge in [0.15, 0.2) is 0 Å². The maximum absolute atomic E-state index is 13.4.